The Labute approximate surface area is 126 Å². The molecule has 1 aromatic carbocycles. The average molecular weight is 337 g/mol. The molecular weight excluding hydrogens is 320 g/mol. The van der Waals surface area contributed by atoms with Crippen LogP contribution in [0.4, 0.5) is 0 Å². The van der Waals surface area contributed by atoms with Crippen LogP contribution >= 0.6 is 11.6 Å². The van der Waals surface area contributed by atoms with Crippen LogP contribution in [-0.2, 0) is 27.4 Å². The van der Waals surface area contributed by atoms with Crippen LogP contribution in [0.2, 0.25) is 5.02 Å². The number of rotatable bonds is 4. The predicted molar refractivity (Wildman–Crippen MR) is 80.6 cm³/mol. The van der Waals surface area contributed by atoms with E-state index in [2.05, 4.69) is 4.72 Å². The lowest BCUT2D eigenvalue weighted by Gasteiger charge is -2.22. The number of hydrogen-bond acceptors (Lipinski definition) is 4. The largest absolute Gasteiger partial charge is 0.326 e. The Balaban J connectivity index is 2.14. The molecule has 0 spiro atoms. The molecule has 0 radical (unpaired) electrons. The van der Waals surface area contributed by atoms with Crippen molar-refractivity contribution in [2.24, 2.45) is 5.73 Å². The van der Waals surface area contributed by atoms with E-state index in [-0.39, 0.29) is 17.5 Å². The van der Waals surface area contributed by atoms with Crippen LogP contribution in [0.5, 0.6) is 0 Å². The summed E-state index contributed by atoms with van der Waals surface area (Å²) < 4.78 is 38.4. The van der Waals surface area contributed by atoms with E-state index in [0.29, 0.717) is 34.9 Å². The third kappa shape index (κ3) is 3.79. The van der Waals surface area contributed by atoms with Crippen LogP contribution in [0.1, 0.15) is 18.4 Å². The van der Waals surface area contributed by atoms with Gasteiger partial charge in [0.05, 0.1) is 4.90 Å². The minimum absolute atomic E-state index is 0.131. The molecule has 0 atom stereocenters. The molecule has 1 aliphatic rings. The van der Waals surface area contributed by atoms with Crippen molar-refractivity contribution >= 4 is 32.4 Å². The standard InChI is InChI=1S/C12H17ClN2O3S2/c13-12-7-11(2-1-9(12)8-14)20(17,18)15-10-3-5-19(16)6-4-10/h1-2,7,10,15H,3-6,8,14H2. The topological polar surface area (TPSA) is 89.3 Å². The molecule has 0 aromatic heterocycles. The van der Waals surface area contributed by atoms with Crippen molar-refractivity contribution in [3.8, 4) is 0 Å². The first-order valence-corrected chi connectivity index (χ1v) is 9.63. The monoisotopic (exact) mass is 336 g/mol. The molecule has 1 heterocycles. The number of halogens is 1. The summed E-state index contributed by atoms with van der Waals surface area (Å²) >= 11 is 5.99. The Bertz CT molecular complexity index is 609. The highest BCUT2D eigenvalue weighted by Gasteiger charge is 2.24. The minimum Gasteiger partial charge on any atom is -0.326 e. The van der Waals surface area contributed by atoms with Gasteiger partial charge >= 0.3 is 0 Å². The quantitative estimate of drug-likeness (QED) is 0.858. The molecule has 1 aromatic rings. The second kappa shape index (κ2) is 6.53. The fourth-order valence-electron chi connectivity index (χ4n) is 2.06. The van der Waals surface area contributed by atoms with E-state index in [0.717, 1.165) is 0 Å². The lowest BCUT2D eigenvalue weighted by atomic mass is 10.2. The molecule has 3 N–H and O–H groups in total. The Morgan fingerprint density at radius 3 is 2.55 bits per heavy atom. The lowest BCUT2D eigenvalue weighted by molar-refractivity contribution is 0.522. The Morgan fingerprint density at radius 2 is 2.00 bits per heavy atom. The van der Waals surface area contributed by atoms with Crippen LogP contribution in [-0.4, -0.2) is 30.2 Å². The molecule has 5 nitrogen and oxygen atoms in total. The molecule has 20 heavy (non-hydrogen) atoms. The minimum atomic E-state index is -3.60. The molecule has 8 heteroatoms. The zero-order valence-corrected chi connectivity index (χ0v) is 13.2. The van der Waals surface area contributed by atoms with Gasteiger partial charge in [-0.1, -0.05) is 17.7 Å². The van der Waals surface area contributed by atoms with Crippen LogP contribution in [0.3, 0.4) is 0 Å². The molecule has 0 amide bonds. The molecule has 1 fully saturated rings. The number of nitrogens with two attached hydrogens (primary N) is 1. The first kappa shape index (κ1) is 15.9. The van der Waals surface area contributed by atoms with E-state index in [1.165, 1.54) is 12.1 Å². The maximum atomic E-state index is 12.3. The van der Waals surface area contributed by atoms with Crippen molar-refractivity contribution in [1.82, 2.24) is 4.72 Å². The summed E-state index contributed by atoms with van der Waals surface area (Å²) in [4.78, 5) is 0.131. The molecular formula is C12H17ClN2O3S2. The Kier molecular flexibility index (Phi) is 5.19. The van der Waals surface area contributed by atoms with Crippen molar-refractivity contribution in [1.29, 1.82) is 0 Å². The summed E-state index contributed by atoms with van der Waals surface area (Å²) in [7, 11) is -4.41. The summed E-state index contributed by atoms with van der Waals surface area (Å²) in [5.41, 5.74) is 6.20. The van der Waals surface area contributed by atoms with Gasteiger partial charge in [-0.05, 0) is 30.5 Å². The summed E-state index contributed by atoms with van der Waals surface area (Å²) in [5, 5.41) is 0.347. The van der Waals surface area contributed by atoms with Crippen molar-refractivity contribution < 1.29 is 12.6 Å². The van der Waals surface area contributed by atoms with Gasteiger partial charge in [0.15, 0.2) is 0 Å². The van der Waals surface area contributed by atoms with Gasteiger partial charge in [0.2, 0.25) is 10.0 Å². The third-order valence-electron chi connectivity index (χ3n) is 3.26. The maximum absolute atomic E-state index is 12.3. The first-order chi connectivity index (χ1) is 9.42. The predicted octanol–water partition coefficient (Wildman–Crippen LogP) is 0.988. The maximum Gasteiger partial charge on any atom is 0.240 e. The number of hydrogen-bond donors (Lipinski definition) is 2. The highest BCUT2D eigenvalue weighted by molar-refractivity contribution is 7.89. The van der Waals surface area contributed by atoms with E-state index in [1.54, 1.807) is 6.07 Å². The molecule has 0 bridgehead atoms. The molecule has 0 saturated carbocycles. The van der Waals surface area contributed by atoms with E-state index < -0.39 is 20.8 Å². The average Bonchev–Trinajstić information content (AvgIpc) is 2.41. The molecule has 112 valence electrons. The molecule has 2 rings (SSSR count). The Hall–Kier alpha value is -0.470. The van der Waals surface area contributed by atoms with Crippen LogP contribution in [0.15, 0.2) is 23.1 Å². The van der Waals surface area contributed by atoms with E-state index in [4.69, 9.17) is 17.3 Å². The number of nitrogens with one attached hydrogen (secondary N) is 1. The van der Waals surface area contributed by atoms with Gasteiger partial charge in [0, 0.05) is 39.9 Å². The second-order valence-corrected chi connectivity index (χ2v) is 8.52. The third-order valence-corrected chi connectivity index (χ3v) is 6.52. The first-order valence-electron chi connectivity index (χ1n) is 6.28. The van der Waals surface area contributed by atoms with Crippen molar-refractivity contribution in [3.05, 3.63) is 28.8 Å². The lowest BCUT2D eigenvalue weighted by Crippen LogP contribution is -2.39. The molecule has 0 aliphatic carbocycles. The van der Waals surface area contributed by atoms with Crippen molar-refractivity contribution in [2.75, 3.05) is 11.5 Å². The van der Waals surface area contributed by atoms with Gasteiger partial charge in [-0.3, -0.25) is 4.21 Å². The summed E-state index contributed by atoms with van der Waals surface area (Å²) in [6.07, 6.45) is 1.20. The molecule has 1 aliphatic heterocycles. The van der Waals surface area contributed by atoms with Gasteiger partial charge < -0.3 is 5.73 Å². The highest BCUT2D eigenvalue weighted by Crippen LogP contribution is 2.21. The number of sulfonamides is 1. The zero-order valence-electron chi connectivity index (χ0n) is 10.8. The molecule has 0 unspecified atom stereocenters. The summed E-state index contributed by atoms with van der Waals surface area (Å²) in [6, 6.07) is 4.36. The molecule has 1 saturated heterocycles. The van der Waals surface area contributed by atoms with E-state index in [1.807, 2.05) is 0 Å². The SMILES string of the molecule is NCc1ccc(S(=O)(=O)NC2CCS(=O)CC2)cc1Cl. The highest BCUT2D eigenvalue weighted by atomic mass is 35.5. The number of benzene rings is 1. The van der Waals surface area contributed by atoms with Crippen LogP contribution in [0, 0.1) is 0 Å². The van der Waals surface area contributed by atoms with Crippen LogP contribution in [0.25, 0.3) is 0 Å². The van der Waals surface area contributed by atoms with Gasteiger partial charge in [-0.25, -0.2) is 13.1 Å². The summed E-state index contributed by atoms with van der Waals surface area (Å²) in [6.45, 7) is 0.265. The van der Waals surface area contributed by atoms with Gasteiger partial charge in [0.1, 0.15) is 0 Å². The normalized spacial score (nSPS) is 23.7. The fraction of sp³-hybridized carbons (Fsp3) is 0.500. The van der Waals surface area contributed by atoms with E-state index in [9.17, 15) is 12.6 Å². The Morgan fingerprint density at radius 1 is 1.35 bits per heavy atom. The van der Waals surface area contributed by atoms with Crippen molar-refractivity contribution in [2.45, 2.75) is 30.3 Å². The fourth-order valence-corrected chi connectivity index (χ4v) is 5.01. The van der Waals surface area contributed by atoms with Crippen LogP contribution < -0.4 is 10.5 Å². The zero-order chi connectivity index (χ0) is 14.8. The van der Waals surface area contributed by atoms with E-state index >= 15 is 0 Å². The van der Waals surface area contributed by atoms with Gasteiger partial charge in [0.25, 0.3) is 0 Å². The van der Waals surface area contributed by atoms with Gasteiger partial charge in [-0.2, -0.15) is 0 Å². The second-order valence-electron chi connectivity index (χ2n) is 4.70. The smallest absolute Gasteiger partial charge is 0.240 e. The van der Waals surface area contributed by atoms with Gasteiger partial charge in [-0.15, -0.1) is 0 Å². The summed E-state index contributed by atoms with van der Waals surface area (Å²) in [5.74, 6) is 1.08. The van der Waals surface area contributed by atoms with Crippen molar-refractivity contribution in [3.63, 3.8) is 0 Å².